The minimum absolute atomic E-state index is 0.305. The van der Waals surface area contributed by atoms with Gasteiger partial charge in [-0.25, -0.2) is 4.79 Å². The van der Waals surface area contributed by atoms with Gasteiger partial charge in [-0.1, -0.05) is 18.7 Å². The van der Waals surface area contributed by atoms with Crippen molar-refractivity contribution in [3.8, 4) is 11.8 Å². The molecule has 0 heterocycles. The lowest BCUT2D eigenvalue weighted by Crippen LogP contribution is -2.05. The molecule has 0 aliphatic rings. The van der Waals surface area contributed by atoms with E-state index in [4.69, 9.17) is 10.00 Å². The fraction of sp³-hybridized carbons (Fsp3) is 0.0909. The number of hydrogen-bond donors (Lipinski definition) is 0. The molecule has 3 heteroatoms. The average molecular weight is 187 g/mol. The van der Waals surface area contributed by atoms with Gasteiger partial charge in [0.1, 0.15) is 6.07 Å². The van der Waals surface area contributed by atoms with Crippen molar-refractivity contribution in [1.29, 1.82) is 5.26 Å². The zero-order valence-corrected chi connectivity index (χ0v) is 7.78. The van der Waals surface area contributed by atoms with Gasteiger partial charge in [-0.05, 0) is 18.6 Å². The highest BCUT2D eigenvalue weighted by Gasteiger charge is 2.08. The zero-order valence-electron chi connectivity index (χ0n) is 7.78. The predicted octanol–water partition coefficient (Wildman–Crippen LogP) is 1.96. The quantitative estimate of drug-likeness (QED) is 0.404. The molecule has 1 aromatic carbocycles. The van der Waals surface area contributed by atoms with Gasteiger partial charge < -0.3 is 4.74 Å². The Morgan fingerprint density at radius 1 is 1.64 bits per heavy atom. The number of carbonyl (C=O) groups excluding carboxylic acids is 1. The summed E-state index contributed by atoms with van der Waals surface area (Å²) in [6.07, 6.45) is 1.06. The maximum atomic E-state index is 11.0. The van der Waals surface area contributed by atoms with Gasteiger partial charge in [0, 0.05) is 6.08 Å². The van der Waals surface area contributed by atoms with Crippen LogP contribution in [0.2, 0.25) is 0 Å². The topological polar surface area (TPSA) is 50.1 Å². The van der Waals surface area contributed by atoms with Gasteiger partial charge in [0.05, 0.1) is 5.56 Å². The number of rotatable bonds is 2. The Morgan fingerprint density at radius 2 is 2.36 bits per heavy atom. The summed E-state index contributed by atoms with van der Waals surface area (Å²) in [6.45, 7) is 5.05. The van der Waals surface area contributed by atoms with Gasteiger partial charge in [-0.3, -0.25) is 0 Å². The number of esters is 1. The number of nitriles is 1. The van der Waals surface area contributed by atoms with Gasteiger partial charge in [0.25, 0.3) is 0 Å². The van der Waals surface area contributed by atoms with E-state index in [1.807, 2.05) is 6.07 Å². The number of benzene rings is 1. The van der Waals surface area contributed by atoms with Crippen LogP contribution in [0, 0.1) is 18.3 Å². The molecule has 1 aromatic rings. The zero-order chi connectivity index (χ0) is 10.6. The third-order valence-electron chi connectivity index (χ3n) is 1.70. The van der Waals surface area contributed by atoms with Crippen molar-refractivity contribution in [1.82, 2.24) is 0 Å². The molecule has 0 atom stereocenters. The number of nitrogens with zero attached hydrogens (tertiary/aromatic N) is 1. The molecule has 0 N–H and O–H groups in total. The molecule has 0 unspecified atom stereocenters. The molecule has 0 saturated carbocycles. The van der Waals surface area contributed by atoms with Crippen LogP contribution in [-0.2, 0) is 4.79 Å². The van der Waals surface area contributed by atoms with E-state index >= 15 is 0 Å². The fourth-order valence-corrected chi connectivity index (χ4v) is 1.02. The van der Waals surface area contributed by atoms with Crippen molar-refractivity contribution in [2.75, 3.05) is 0 Å². The van der Waals surface area contributed by atoms with E-state index in [0.717, 1.165) is 11.6 Å². The molecule has 0 spiro atoms. The van der Waals surface area contributed by atoms with Crippen LogP contribution >= 0.6 is 0 Å². The van der Waals surface area contributed by atoms with Crippen molar-refractivity contribution in [3.05, 3.63) is 42.0 Å². The Morgan fingerprint density at radius 3 is 2.93 bits per heavy atom. The molecule has 0 saturated heterocycles. The smallest absolute Gasteiger partial charge is 0.335 e. The largest absolute Gasteiger partial charge is 0.422 e. The highest BCUT2D eigenvalue weighted by molar-refractivity contribution is 5.84. The lowest BCUT2D eigenvalue weighted by atomic mass is 10.1. The maximum Gasteiger partial charge on any atom is 0.335 e. The van der Waals surface area contributed by atoms with E-state index in [1.54, 1.807) is 25.1 Å². The van der Waals surface area contributed by atoms with Crippen LogP contribution in [0.15, 0.2) is 30.9 Å². The molecule has 0 amide bonds. The standard InChI is InChI=1S/C11H9NO2/c1-3-10(13)14-11-8(2)5-4-6-9(11)7-12/h3-6H,1H2,2H3. The summed E-state index contributed by atoms with van der Waals surface area (Å²) in [5.74, 6) is -0.254. The second-order valence-electron chi connectivity index (χ2n) is 2.69. The van der Waals surface area contributed by atoms with Crippen LogP contribution in [0.3, 0.4) is 0 Å². The third-order valence-corrected chi connectivity index (χ3v) is 1.70. The van der Waals surface area contributed by atoms with E-state index in [1.165, 1.54) is 0 Å². The molecule has 3 nitrogen and oxygen atoms in total. The number of ether oxygens (including phenoxy) is 1. The minimum Gasteiger partial charge on any atom is -0.422 e. The monoisotopic (exact) mass is 187 g/mol. The van der Waals surface area contributed by atoms with Crippen molar-refractivity contribution < 1.29 is 9.53 Å². The van der Waals surface area contributed by atoms with Gasteiger partial charge in [-0.2, -0.15) is 5.26 Å². The van der Waals surface area contributed by atoms with Crippen LogP contribution in [0.5, 0.6) is 5.75 Å². The number of hydrogen-bond acceptors (Lipinski definition) is 3. The van der Waals surface area contributed by atoms with Crippen molar-refractivity contribution in [2.45, 2.75) is 6.92 Å². The maximum absolute atomic E-state index is 11.0. The lowest BCUT2D eigenvalue weighted by Gasteiger charge is -2.06. The molecule has 0 bridgehead atoms. The first kappa shape index (κ1) is 10.0. The van der Waals surface area contributed by atoms with E-state index in [2.05, 4.69) is 6.58 Å². The highest BCUT2D eigenvalue weighted by Crippen LogP contribution is 2.22. The van der Waals surface area contributed by atoms with Crippen molar-refractivity contribution >= 4 is 5.97 Å². The molecule has 0 aromatic heterocycles. The summed E-state index contributed by atoms with van der Waals surface area (Å²) in [6, 6.07) is 7.06. The summed E-state index contributed by atoms with van der Waals surface area (Å²) in [5, 5.41) is 8.76. The SMILES string of the molecule is C=CC(=O)Oc1c(C)cccc1C#N. The summed E-state index contributed by atoms with van der Waals surface area (Å²) < 4.78 is 4.94. The van der Waals surface area contributed by atoms with Gasteiger partial charge in [-0.15, -0.1) is 0 Å². The van der Waals surface area contributed by atoms with Crippen LogP contribution in [0.1, 0.15) is 11.1 Å². The molecule has 0 fully saturated rings. The summed E-state index contributed by atoms with van der Waals surface area (Å²) in [5.41, 5.74) is 1.10. The predicted molar refractivity (Wildman–Crippen MR) is 51.7 cm³/mol. The summed E-state index contributed by atoms with van der Waals surface area (Å²) in [4.78, 5) is 11.0. The summed E-state index contributed by atoms with van der Waals surface area (Å²) >= 11 is 0. The van der Waals surface area contributed by atoms with Gasteiger partial charge >= 0.3 is 5.97 Å². The molecule has 70 valence electrons. The summed E-state index contributed by atoms with van der Waals surface area (Å²) in [7, 11) is 0. The average Bonchev–Trinajstić information content (AvgIpc) is 2.20. The Hall–Kier alpha value is -2.08. The Bertz CT molecular complexity index is 416. The first-order valence-electron chi connectivity index (χ1n) is 4.03. The van der Waals surface area contributed by atoms with E-state index in [-0.39, 0.29) is 0 Å². The van der Waals surface area contributed by atoms with Crippen molar-refractivity contribution in [3.63, 3.8) is 0 Å². The van der Waals surface area contributed by atoms with Gasteiger partial charge in [0.2, 0.25) is 0 Å². The minimum atomic E-state index is -0.559. The fourth-order valence-electron chi connectivity index (χ4n) is 1.02. The number of aryl methyl sites for hydroxylation is 1. The van der Waals surface area contributed by atoms with Gasteiger partial charge in [0.15, 0.2) is 5.75 Å². The highest BCUT2D eigenvalue weighted by atomic mass is 16.5. The molecular formula is C11H9NO2. The van der Waals surface area contributed by atoms with Crippen molar-refractivity contribution in [2.24, 2.45) is 0 Å². The van der Waals surface area contributed by atoms with Crippen LogP contribution in [0.4, 0.5) is 0 Å². The normalized spacial score (nSPS) is 8.86. The number of para-hydroxylation sites is 1. The number of carbonyl (C=O) groups is 1. The van der Waals surface area contributed by atoms with Crippen LogP contribution in [-0.4, -0.2) is 5.97 Å². The van der Waals surface area contributed by atoms with E-state index in [0.29, 0.717) is 11.3 Å². The van der Waals surface area contributed by atoms with Crippen LogP contribution < -0.4 is 4.74 Å². The Labute approximate surface area is 82.2 Å². The van der Waals surface area contributed by atoms with E-state index in [9.17, 15) is 4.79 Å². The van der Waals surface area contributed by atoms with Crippen LogP contribution in [0.25, 0.3) is 0 Å². The second kappa shape index (κ2) is 4.24. The molecule has 14 heavy (non-hydrogen) atoms. The first-order chi connectivity index (χ1) is 6.69. The second-order valence-corrected chi connectivity index (χ2v) is 2.69. The lowest BCUT2D eigenvalue weighted by molar-refractivity contribution is -0.129. The molecule has 0 aliphatic carbocycles. The molecule has 0 aliphatic heterocycles. The Balaban J connectivity index is 3.12. The molecule has 0 radical (unpaired) electrons. The molecular weight excluding hydrogens is 178 g/mol. The molecule has 1 rings (SSSR count). The Kier molecular flexibility index (Phi) is 3.03. The van der Waals surface area contributed by atoms with E-state index < -0.39 is 5.97 Å². The third kappa shape index (κ3) is 1.99. The first-order valence-corrected chi connectivity index (χ1v) is 4.03.